The molecule has 0 saturated carbocycles. The van der Waals surface area contributed by atoms with Gasteiger partial charge in [0.2, 0.25) is 11.8 Å². The van der Waals surface area contributed by atoms with Gasteiger partial charge in [-0.25, -0.2) is 0 Å². The van der Waals surface area contributed by atoms with E-state index in [9.17, 15) is 14.7 Å². The lowest BCUT2D eigenvalue weighted by Crippen LogP contribution is -2.48. The average molecular weight is 623 g/mol. The van der Waals surface area contributed by atoms with Crippen LogP contribution in [0.25, 0.3) is 11.3 Å². The Balaban J connectivity index is 1.25. The monoisotopic (exact) mass is 622 g/mol. The third-order valence-electron chi connectivity index (χ3n) is 9.22. The molecule has 4 atom stereocenters. The normalized spacial score (nSPS) is 20.6. The summed E-state index contributed by atoms with van der Waals surface area (Å²) in [5, 5.41) is 22.2. The Morgan fingerprint density at radius 2 is 1.76 bits per heavy atom. The van der Waals surface area contributed by atoms with E-state index in [-0.39, 0.29) is 43.0 Å². The minimum absolute atomic E-state index is 0.0859. The Bertz CT molecular complexity index is 1430. The zero-order chi connectivity index (χ0) is 32.2. The first-order chi connectivity index (χ1) is 21.6. The number of ether oxygens (including phenoxy) is 2. The van der Waals surface area contributed by atoms with Crippen LogP contribution in [0, 0.1) is 11.8 Å². The number of amides is 2. The van der Waals surface area contributed by atoms with E-state index in [4.69, 9.17) is 14.0 Å². The van der Waals surface area contributed by atoms with Crippen LogP contribution < -0.4 is 10.2 Å². The van der Waals surface area contributed by atoms with Gasteiger partial charge in [-0.15, -0.1) is 0 Å². The molecule has 0 aliphatic carbocycles. The van der Waals surface area contributed by atoms with E-state index < -0.39 is 18.1 Å². The molecule has 0 bridgehead atoms. The predicted molar refractivity (Wildman–Crippen MR) is 168 cm³/mol. The van der Waals surface area contributed by atoms with Gasteiger partial charge in [-0.3, -0.25) is 14.3 Å². The van der Waals surface area contributed by atoms with Gasteiger partial charge < -0.3 is 34.2 Å². The second-order valence-corrected chi connectivity index (χ2v) is 12.6. The molecule has 4 heterocycles. The summed E-state index contributed by atoms with van der Waals surface area (Å²) in [6.07, 6.45) is 2.68. The molecular weight excluding hydrogens is 576 g/mol. The second kappa shape index (κ2) is 14.1. The van der Waals surface area contributed by atoms with Gasteiger partial charge in [-0.05, 0) is 42.9 Å². The SMILES string of the molecule is COC(OC)C1CCN(c2cc([C@H](C(=O)N3C[C@H](O)C[C@H]3C(=O)N[C@@H](C)c3ccc(-c4ccnn4C)cc3)C(C)C)on2)CC1. The molecule has 0 unspecified atom stereocenters. The maximum Gasteiger partial charge on any atom is 0.243 e. The van der Waals surface area contributed by atoms with Crippen molar-refractivity contribution >= 4 is 17.6 Å². The number of rotatable bonds is 11. The topological polar surface area (TPSA) is 135 Å². The fraction of sp³-hybridized carbons (Fsp3) is 0.576. The third kappa shape index (κ3) is 7.08. The van der Waals surface area contributed by atoms with Gasteiger partial charge in [0.15, 0.2) is 17.9 Å². The van der Waals surface area contributed by atoms with Crippen LogP contribution in [0.1, 0.15) is 63.3 Å². The molecule has 45 heavy (non-hydrogen) atoms. The van der Waals surface area contributed by atoms with E-state index in [2.05, 4.69) is 20.5 Å². The van der Waals surface area contributed by atoms with Crippen molar-refractivity contribution in [2.45, 2.75) is 70.4 Å². The lowest BCUT2D eigenvalue weighted by Gasteiger charge is -2.34. The molecule has 12 heteroatoms. The molecule has 2 aromatic heterocycles. The van der Waals surface area contributed by atoms with Crippen molar-refractivity contribution in [3.05, 3.63) is 53.9 Å². The van der Waals surface area contributed by atoms with Crippen molar-refractivity contribution in [2.24, 2.45) is 18.9 Å². The van der Waals surface area contributed by atoms with E-state index in [1.807, 2.05) is 68.9 Å². The average Bonchev–Trinajstić information content (AvgIpc) is 3.78. The number of nitrogens with zero attached hydrogens (tertiary/aromatic N) is 5. The maximum atomic E-state index is 14.0. The molecule has 5 rings (SSSR count). The lowest BCUT2D eigenvalue weighted by molar-refractivity contribution is -0.141. The first kappa shape index (κ1) is 32.6. The highest BCUT2D eigenvalue weighted by molar-refractivity contribution is 5.91. The largest absolute Gasteiger partial charge is 0.391 e. The fourth-order valence-corrected chi connectivity index (χ4v) is 6.67. The van der Waals surface area contributed by atoms with E-state index in [1.165, 1.54) is 4.90 Å². The van der Waals surface area contributed by atoms with Crippen LogP contribution in [0.15, 0.2) is 47.1 Å². The number of nitrogens with one attached hydrogen (secondary N) is 1. The summed E-state index contributed by atoms with van der Waals surface area (Å²) in [5.74, 6) is 0.135. The summed E-state index contributed by atoms with van der Waals surface area (Å²) in [7, 11) is 5.21. The molecular formula is C33H46N6O6. The van der Waals surface area contributed by atoms with Crippen molar-refractivity contribution < 1.29 is 28.7 Å². The van der Waals surface area contributed by atoms with Crippen LogP contribution in [-0.4, -0.2) is 89.0 Å². The highest BCUT2D eigenvalue weighted by Gasteiger charge is 2.43. The van der Waals surface area contributed by atoms with Crippen molar-refractivity contribution in [1.82, 2.24) is 25.2 Å². The molecule has 0 spiro atoms. The Kier molecular flexibility index (Phi) is 10.3. The van der Waals surface area contributed by atoms with Crippen molar-refractivity contribution in [2.75, 3.05) is 38.8 Å². The van der Waals surface area contributed by atoms with Crippen LogP contribution in [-0.2, 0) is 26.1 Å². The van der Waals surface area contributed by atoms with Crippen LogP contribution in [0.5, 0.6) is 0 Å². The number of aliphatic hydroxyl groups is 1. The number of hydrogen-bond donors (Lipinski definition) is 2. The fourth-order valence-electron chi connectivity index (χ4n) is 6.67. The van der Waals surface area contributed by atoms with E-state index in [0.717, 1.165) is 42.8 Å². The van der Waals surface area contributed by atoms with Crippen molar-refractivity contribution in [3.63, 3.8) is 0 Å². The van der Waals surface area contributed by atoms with Crippen molar-refractivity contribution in [1.29, 1.82) is 0 Å². The Morgan fingerprint density at radius 3 is 2.36 bits per heavy atom. The van der Waals surface area contributed by atoms with E-state index in [1.54, 1.807) is 20.4 Å². The maximum absolute atomic E-state index is 14.0. The van der Waals surface area contributed by atoms with Crippen LogP contribution in [0.2, 0.25) is 0 Å². The van der Waals surface area contributed by atoms with Gasteiger partial charge in [0.1, 0.15) is 12.0 Å². The molecule has 244 valence electrons. The smallest absolute Gasteiger partial charge is 0.243 e. The number of piperidine rings is 1. The summed E-state index contributed by atoms with van der Waals surface area (Å²) in [4.78, 5) is 31.3. The highest BCUT2D eigenvalue weighted by atomic mass is 16.7. The van der Waals surface area contributed by atoms with Crippen molar-refractivity contribution in [3.8, 4) is 11.3 Å². The molecule has 2 aliphatic heterocycles. The Morgan fingerprint density at radius 1 is 1.07 bits per heavy atom. The number of carbonyl (C=O) groups is 2. The number of aliphatic hydroxyl groups excluding tert-OH is 1. The summed E-state index contributed by atoms with van der Waals surface area (Å²) in [6.45, 7) is 7.43. The van der Waals surface area contributed by atoms with Gasteiger partial charge >= 0.3 is 0 Å². The van der Waals surface area contributed by atoms with E-state index >= 15 is 0 Å². The number of likely N-dealkylation sites (tertiary alicyclic amines) is 1. The molecule has 0 radical (unpaired) electrons. The third-order valence-corrected chi connectivity index (χ3v) is 9.22. The van der Waals surface area contributed by atoms with Gasteiger partial charge in [0, 0.05) is 65.5 Å². The van der Waals surface area contributed by atoms with Gasteiger partial charge in [0.05, 0.1) is 17.8 Å². The molecule has 2 aliphatic rings. The number of benzene rings is 1. The number of hydrogen-bond acceptors (Lipinski definition) is 9. The Labute approximate surface area is 264 Å². The van der Waals surface area contributed by atoms with Crippen LogP contribution in [0.4, 0.5) is 5.82 Å². The summed E-state index contributed by atoms with van der Waals surface area (Å²) >= 11 is 0. The van der Waals surface area contributed by atoms with E-state index in [0.29, 0.717) is 17.5 Å². The Hall–Kier alpha value is -3.74. The van der Waals surface area contributed by atoms with Gasteiger partial charge in [-0.2, -0.15) is 5.10 Å². The summed E-state index contributed by atoms with van der Waals surface area (Å²) in [6, 6.07) is 10.7. The highest BCUT2D eigenvalue weighted by Crippen LogP contribution is 2.34. The molecule has 2 amide bonds. The molecule has 1 aromatic carbocycles. The zero-order valence-electron chi connectivity index (χ0n) is 27.1. The first-order valence-electron chi connectivity index (χ1n) is 15.8. The second-order valence-electron chi connectivity index (χ2n) is 12.6. The molecule has 2 fully saturated rings. The minimum atomic E-state index is -0.791. The standard InChI is InChI=1S/C33H46N6O6/c1-20(2)30(28-18-29(36-45-28)38-15-12-24(13-16-38)33(43-5)44-6)32(42)39-19-25(40)17-27(39)31(41)35-21(3)22-7-9-23(10-8-22)26-11-14-34-37(26)4/h7-11,14,18,20-21,24-25,27,30,33,40H,12-13,15-17,19H2,1-6H3,(H,35,41)/t21-,25+,27-,30+/m0/s1. The number of carbonyl (C=O) groups excluding carboxylic acids is 2. The molecule has 2 N–H and O–H groups in total. The molecule has 3 aromatic rings. The minimum Gasteiger partial charge on any atom is -0.391 e. The predicted octanol–water partition coefficient (Wildman–Crippen LogP) is 3.49. The molecule has 2 saturated heterocycles. The summed E-state index contributed by atoms with van der Waals surface area (Å²) in [5.41, 5.74) is 2.96. The number of aromatic nitrogens is 3. The number of β-amino-alcohol motifs (C(OH)–C–C–N with tert-alkyl or cyclic N) is 1. The molecule has 12 nitrogen and oxygen atoms in total. The number of anilines is 1. The quantitative estimate of drug-likeness (QED) is 0.308. The van der Waals surface area contributed by atoms with Gasteiger partial charge in [0.25, 0.3) is 0 Å². The summed E-state index contributed by atoms with van der Waals surface area (Å²) < 4.78 is 18.5. The van der Waals surface area contributed by atoms with Gasteiger partial charge in [-0.1, -0.05) is 43.3 Å². The zero-order valence-corrected chi connectivity index (χ0v) is 27.1. The lowest BCUT2D eigenvalue weighted by atomic mass is 9.91. The first-order valence-corrected chi connectivity index (χ1v) is 15.8. The van der Waals surface area contributed by atoms with Crippen LogP contribution >= 0.6 is 0 Å². The number of methoxy groups -OCH3 is 2. The van der Waals surface area contributed by atoms with Crippen LogP contribution in [0.3, 0.4) is 0 Å². The number of aryl methyl sites for hydroxylation is 1.